The van der Waals surface area contributed by atoms with E-state index in [0.717, 1.165) is 16.7 Å². The minimum atomic E-state index is -1.56. The molecule has 2 aliphatic heterocycles. The van der Waals surface area contributed by atoms with Gasteiger partial charge in [0, 0.05) is 18.7 Å². The number of hydrogen-bond acceptors (Lipinski definition) is 9. The van der Waals surface area contributed by atoms with E-state index >= 15 is 0 Å². The topological polar surface area (TPSA) is 150 Å². The molecule has 43 heavy (non-hydrogen) atoms. The Bertz CT molecular complexity index is 1300. The van der Waals surface area contributed by atoms with E-state index in [1.54, 1.807) is 20.8 Å². The molecule has 2 fully saturated rings. The van der Waals surface area contributed by atoms with E-state index in [-0.39, 0.29) is 31.4 Å². The molecule has 0 saturated carbocycles. The van der Waals surface area contributed by atoms with Crippen LogP contribution in [-0.2, 0) is 31.3 Å². The van der Waals surface area contributed by atoms with Gasteiger partial charge in [-0.1, -0.05) is 24.3 Å². The molecule has 0 radical (unpaired) electrons. The number of rotatable bonds is 12. The Kier molecular flexibility index (Phi) is 9.85. The summed E-state index contributed by atoms with van der Waals surface area (Å²) in [7, 11) is 3.85. The first kappa shape index (κ1) is 32.8. The third kappa shape index (κ3) is 7.19. The molecule has 4 rings (SSSR count). The number of benzene rings is 2. The molecule has 0 aliphatic carbocycles. The van der Waals surface area contributed by atoms with Crippen LogP contribution in [0.2, 0.25) is 0 Å². The Morgan fingerprint density at radius 3 is 2.47 bits per heavy atom. The third-order valence-electron chi connectivity index (χ3n) is 8.15. The summed E-state index contributed by atoms with van der Waals surface area (Å²) >= 11 is 0. The molecule has 0 unspecified atom stereocenters. The van der Waals surface area contributed by atoms with Crippen LogP contribution in [0.3, 0.4) is 0 Å². The molecule has 2 aliphatic rings. The summed E-state index contributed by atoms with van der Waals surface area (Å²) in [6.45, 7) is 8.39. The van der Waals surface area contributed by atoms with Crippen LogP contribution in [0, 0.1) is 6.92 Å². The number of hydrogen-bond donors (Lipinski definition) is 5. The van der Waals surface area contributed by atoms with Gasteiger partial charge in [0.05, 0.1) is 19.6 Å². The van der Waals surface area contributed by atoms with Gasteiger partial charge in [-0.15, -0.1) is 0 Å². The van der Waals surface area contributed by atoms with E-state index in [1.165, 1.54) is 0 Å². The maximum atomic E-state index is 12.4. The number of aliphatic hydroxyl groups is 3. The van der Waals surface area contributed by atoms with Crippen molar-refractivity contribution < 1.29 is 39.1 Å². The summed E-state index contributed by atoms with van der Waals surface area (Å²) < 4.78 is 17.8. The van der Waals surface area contributed by atoms with Crippen LogP contribution in [0.1, 0.15) is 49.4 Å². The number of amides is 2. The number of fused-ring (bicyclic) bond motifs is 2. The van der Waals surface area contributed by atoms with Crippen molar-refractivity contribution in [2.75, 3.05) is 40.4 Å². The van der Waals surface area contributed by atoms with Crippen LogP contribution in [0.5, 0.6) is 5.75 Å². The fourth-order valence-electron chi connectivity index (χ4n) is 5.36. The molecule has 2 heterocycles. The first-order valence-electron chi connectivity index (χ1n) is 14.6. The maximum absolute atomic E-state index is 12.4. The highest BCUT2D eigenvalue weighted by Crippen LogP contribution is 2.49. The highest BCUT2D eigenvalue weighted by atomic mass is 16.8. The Morgan fingerprint density at radius 2 is 1.79 bits per heavy atom. The average Bonchev–Trinajstić information content (AvgIpc) is 3.30. The summed E-state index contributed by atoms with van der Waals surface area (Å²) in [5.41, 5.74) is 1.44. The predicted octanol–water partition coefficient (Wildman–Crippen LogP) is 0.982. The van der Waals surface area contributed by atoms with Gasteiger partial charge in [-0.05, 0) is 83.1 Å². The maximum Gasteiger partial charge on any atom is 0.245 e. The average molecular weight is 600 g/mol. The highest BCUT2D eigenvalue weighted by molar-refractivity contribution is 5.90. The van der Waals surface area contributed by atoms with E-state index in [2.05, 4.69) is 10.6 Å². The van der Waals surface area contributed by atoms with Gasteiger partial charge in [-0.25, -0.2) is 0 Å². The standard InChI is InChI=1S/C32H45N3O8/c1-20-7-10-23(32-28(39)26(37)27(38)31(4,43-32)19-42-32)18-22(20)17-21-8-11-24(12-9-21)41-16-13-25(36)34-30(2,3)29(40)33-14-15-35(5)6/h7-12,18,26-28,37-39H,13-17,19H2,1-6H3,(H,33,40)(H,34,36)/t26-,27-,28+,31-,32-/m0/s1. The lowest BCUT2D eigenvalue weighted by molar-refractivity contribution is -0.322. The smallest absolute Gasteiger partial charge is 0.245 e. The molecule has 11 heteroatoms. The van der Waals surface area contributed by atoms with Crippen molar-refractivity contribution in [3.8, 4) is 5.75 Å². The number of aliphatic hydroxyl groups excluding tert-OH is 3. The summed E-state index contributed by atoms with van der Waals surface area (Å²) in [4.78, 5) is 26.8. The normalized spacial score (nSPS) is 26.8. The lowest BCUT2D eigenvalue weighted by Crippen LogP contribution is -2.63. The number of ether oxygens (including phenoxy) is 3. The number of nitrogens with one attached hydrogen (secondary N) is 2. The number of nitrogens with zero attached hydrogens (tertiary/aromatic N) is 1. The number of aryl methyl sites for hydroxylation is 1. The first-order chi connectivity index (χ1) is 20.2. The minimum Gasteiger partial charge on any atom is -0.493 e. The van der Waals surface area contributed by atoms with E-state index in [9.17, 15) is 24.9 Å². The second-order valence-corrected chi connectivity index (χ2v) is 12.5. The van der Waals surface area contributed by atoms with Gasteiger partial charge in [0.2, 0.25) is 17.6 Å². The van der Waals surface area contributed by atoms with Gasteiger partial charge < -0.3 is 45.1 Å². The number of carbonyl (C=O) groups excluding carboxylic acids is 2. The zero-order valence-corrected chi connectivity index (χ0v) is 25.8. The van der Waals surface area contributed by atoms with E-state index in [1.807, 2.05) is 68.4 Å². The van der Waals surface area contributed by atoms with Gasteiger partial charge in [0.15, 0.2) is 0 Å². The quantitative estimate of drug-likeness (QED) is 0.241. The number of likely N-dealkylation sites (N-methyl/N-ethyl adjacent to an activating group) is 1. The monoisotopic (exact) mass is 599 g/mol. The summed E-state index contributed by atoms with van der Waals surface area (Å²) in [6, 6.07) is 13.2. The largest absolute Gasteiger partial charge is 0.493 e. The Morgan fingerprint density at radius 1 is 1.09 bits per heavy atom. The van der Waals surface area contributed by atoms with Crippen LogP contribution < -0.4 is 15.4 Å². The SMILES string of the molecule is Cc1ccc([C@]23OC[C@](C)(O2)[C@@H](O)[C@H](O)[C@H]3O)cc1Cc1ccc(OCCC(=O)NC(C)(C)C(=O)NCCN(C)C)cc1. The first-order valence-corrected chi connectivity index (χ1v) is 14.6. The molecule has 2 aromatic rings. The van der Waals surface area contributed by atoms with Gasteiger partial charge in [-0.2, -0.15) is 0 Å². The van der Waals surface area contributed by atoms with Crippen molar-refractivity contribution >= 4 is 11.8 Å². The molecule has 236 valence electrons. The van der Waals surface area contributed by atoms with Crippen LogP contribution in [0.4, 0.5) is 0 Å². The van der Waals surface area contributed by atoms with Crippen molar-refractivity contribution in [1.82, 2.24) is 15.5 Å². The molecule has 5 atom stereocenters. The van der Waals surface area contributed by atoms with Crippen LogP contribution in [-0.4, -0.2) is 102 Å². The molecule has 11 nitrogen and oxygen atoms in total. The van der Waals surface area contributed by atoms with Crippen molar-refractivity contribution in [1.29, 1.82) is 0 Å². The lowest BCUT2D eigenvalue weighted by Gasteiger charge is -2.45. The molecular formula is C32H45N3O8. The highest BCUT2D eigenvalue weighted by Gasteiger charge is 2.65. The molecule has 0 spiro atoms. The molecule has 2 aromatic carbocycles. The molecule has 2 amide bonds. The van der Waals surface area contributed by atoms with E-state index in [0.29, 0.717) is 30.8 Å². The van der Waals surface area contributed by atoms with Gasteiger partial charge in [0.25, 0.3) is 0 Å². The lowest BCUT2D eigenvalue weighted by atomic mass is 9.84. The summed E-state index contributed by atoms with van der Waals surface area (Å²) in [5.74, 6) is -1.47. The van der Waals surface area contributed by atoms with Gasteiger partial charge >= 0.3 is 0 Å². The predicted molar refractivity (Wildman–Crippen MR) is 159 cm³/mol. The Balaban J connectivity index is 1.32. The Labute approximate surface area is 253 Å². The summed E-state index contributed by atoms with van der Waals surface area (Å²) in [5, 5.41) is 37.3. The van der Waals surface area contributed by atoms with Crippen LogP contribution >= 0.6 is 0 Å². The van der Waals surface area contributed by atoms with E-state index in [4.69, 9.17) is 14.2 Å². The molecule has 2 bridgehead atoms. The minimum absolute atomic E-state index is 0.0404. The zero-order valence-electron chi connectivity index (χ0n) is 25.8. The van der Waals surface area contributed by atoms with Crippen molar-refractivity contribution in [2.24, 2.45) is 0 Å². The van der Waals surface area contributed by atoms with Crippen molar-refractivity contribution in [3.05, 3.63) is 64.7 Å². The third-order valence-corrected chi connectivity index (χ3v) is 8.15. The van der Waals surface area contributed by atoms with Gasteiger partial charge in [-0.3, -0.25) is 9.59 Å². The van der Waals surface area contributed by atoms with E-state index < -0.39 is 35.2 Å². The molecule has 5 N–H and O–H groups in total. The molecule has 0 aromatic heterocycles. The van der Waals surface area contributed by atoms with Crippen LogP contribution in [0.15, 0.2) is 42.5 Å². The summed E-state index contributed by atoms with van der Waals surface area (Å²) in [6.07, 6.45) is -3.44. The van der Waals surface area contributed by atoms with Gasteiger partial charge in [0.1, 0.15) is 35.2 Å². The molecule has 2 saturated heterocycles. The Hall–Kier alpha value is -3.06. The second kappa shape index (κ2) is 12.9. The van der Waals surface area contributed by atoms with Crippen molar-refractivity contribution in [3.63, 3.8) is 0 Å². The fourth-order valence-corrected chi connectivity index (χ4v) is 5.36. The number of carbonyl (C=O) groups is 2. The van der Waals surface area contributed by atoms with Crippen molar-refractivity contribution in [2.45, 2.75) is 75.8 Å². The van der Waals surface area contributed by atoms with Crippen LogP contribution in [0.25, 0.3) is 0 Å². The zero-order chi connectivity index (χ0) is 31.6. The molecular weight excluding hydrogens is 554 g/mol. The second-order valence-electron chi connectivity index (χ2n) is 12.5. The fraction of sp³-hybridized carbons (Fsp3) is 0.562.